The topological polar surface area (TPSA) is 21.3 Å². The maximum atomic E-state index is 5.64. The summed E-state index contributed by atoms with van der Waals surface area (Å²) in [6, 6.07) is 0. The number of ether oxygens (including phenoxy) is 1. The van der Waals surface area contributed by atoms with Gasteiger partial charge in [0.05, 0.1) is 12.7 Å². The van der Waals surface area contributed by atoms with E-state index in [9.17, 15) is 0 Å². The lowest BCUT2D eigenvalue weighted by atomic mass is 9.88. The van der Waals surface area contributed by atoms with Crippen LogP contribution < -0.4 is 5.32 Å². The Bertz CT molecular complexity index is 176. The van der Waals surface area contributed by atoms with Crippen LogP contribution >= 0.6 is 0 Å². The molecule has 0 spiro atoms. The van der Waals surface area contributed by atoms with Gasteiger partial charge in [0.25, 0.3) is 0 Å². The first kappa shape index (κ1) is 7.32. The summed E-state index contributed by atoms with van der Waals surface area (Å²) in [5, 5.41) is 3.39. The SMILES string of the molecule is CC1=CCO[C@@H]2CCNC[C@H]12. The largest absolute Gasteiger partial charge is 0.373 e. The smallest absolute Gasteiger partial charge is 0.0668 e. The Morgan fingerprint density at radius 2 is 2.55 bits per heavy atom. The van der Waals surface area contributed by atoms with Crippen molar-refractivity contribution in [2.24, 2.45) is 5.92 Å². The summed E-state index contributed by atoms with van der Waals surface area (Å²) in [6.45, 7) is 5.27. The Morgan fingerprint density at radius 3 is 3.36 bits per heavy atom. The van der Waals surface area contributed by atoms with E-state index in [4.69, 9.17) is 4.74 Å². The molecule has 0 amide bonds. The zero-order valence-electron chi connectivity index (χ0n) is 6.97. The number of piperidine rings is 1. The molecular formula is C9H15NO. The first-order valence-electron chi connectivity index (χ1n) is 4.37. The number of hydrogen-bond acceptors (Lipinski definition) is 2. The van der Waals surface area contributed by atoms with Gasteiger partial charge in [-0.25, -0.2) is 0 Å². The van der Waals surface area contributed by atoms with E-state index < -0.39 is 0 Å². The molecule has 0 aliphatic carbocycles. The van der Waals surface area contributed by atoms with E-state index in [-0.39, 0.29) is 0 Å². The molecule has 2 nitrogen and oxygen atoms in total. The Balaban J connectivity index is 2.11. The van der Waals surface area contributed by atoms with Crippen LogP contribution in [0.4, 0.5) is 0 Å². The number of nitrogens with one attached hydrogen (secondary N) is 1. The van der Waals surface area contributed by atoms with E-state index in [2.05, 4.69) is 18.3 Å². The lowest BCUT2D eigenvalue weighted by molar-refractivity contribution is 0.0107. The second-order valence-electron chi connectivity index (χ2n) is 3.42. The molecule has 0 aromatic carbocycles. The molecule has 62 valence electrons. The van der Waals surface area contributed by atoms with Crippen molar-refractivity contribution in [3.05, 3.63) is 11.6 Å². The molecular weight excluding hydrogens is 138 g/mol. The van der Waals surface area contributed by atoms with Crippen molar-refractivity contribution in [2.75, 3.05) is 19.7 Å². The van der Waals surface area contributed by atoms with Crippen molar-refractivity contribution in [1.82, 2.24) is 5.32 Å². The fourth-order valence-corrected chi connectivity index (χ4v) is 1.94. The minimum Gasteiger partial charge on any atom is -0.373 e. The first-order chi connectivity index (χ1) is 5.38. The minimum atomic E-state index is 0.501. The third-order valence-corrected chi connectivity index (χ3v) is 2.72. The summed E-state index contributed by atoms with van der Waals surface area (Å²) in [6.07, 6.45) is 3.88. The molecule has 0 radical (unpaired) electrons. The van der Waals surface area contributed by atoms with Crippen molar-refractivity contribution < 1.29 is 4.74 Å². The standard InChI is InChI=1S/C9H15NO/c1-7-3-5-11-9-2-4-10-6-8(7)9/h3,8-10H,2,4-6H2,1H3/t8-,9-/m1/s1. The molecule has 2 heteroatoms. The van der Waals surface area contributed by atoms with E-state index in [1.54, 1.807) is 0 Å². The van der Waals surface area contributed by atoms with Crippen LogP contribution in [-0.4, -0.2) is 25.8 Å². The highest BCUT2D eigenvalue weighted by Crippen LogP contribution is 2.25. The number of fused-ring (bicyclic) bond motifs is 1. The van der Waals surface area contributed by atoms with Crippen molar-refractivity contribution in [1.29, 1.82) is 0 Å². The van der Waals surface area contributed by atoms with E-state index in [0.717, 1.165) is 19.7 Å². The number of hydrogen-bond donors (Lipinski definition) is 1. The summed E-state index contributed by atoms with van der Waals surface area (Å²) in [4.78, 5) is 0. The Labute approximate surface area is 67.6 Å². The second-order valence-corrected chi connectivity index (χ2v) is 3.42. The van der Waals surface area contributed by atoms with Gasteiger partial charge in [0.15, 0.2) is 0 Å². The molecule has 2 aliphatic rings. The molecule has 11 heavy (non-hydrogen) atoms. The zero-order chi connectivity index (χ0) is 7.68. The van der Waals surface area contributed by atoms with Crippen LogP contribution in [0.2, 0.25) is 0 Å². The highest BCUT2D eigenvalue weighted by Gasteiger charge is 2.28. The third kappa shape index (κ3) is 1.33. The Hall–Kier alpha value is -0.340. The first-order valence-corrected chi connectivity index (χ1v) is 4.37. The molecule has 1 fully saturated rings. The highest BCUT2D eigenvalue weighted by atomic mass is 16.5. The summed E-state index contributed by atoms with van der Waals surface area (Å²) in [5.41, 5.74) is 1.51. The van der Waals surface area contributed by atoms with Crippen LogP contribution in [0, 0.1) is 5.92 Å². The van der Waals surface area contributed by atoms with Gasteiger partial charge < -0.3 is 10.1 Å². The van der Waals surface area contributed by atoms with Gasteiger partial charge in [-0.15, -0.1) is 0 Å². The fourth-order valence-electron chi connectivity index (χ4n) is 1.94. The molecule has 0 aromatic rings. The molecule has 0 saturated carbocycles. The second kappa shape index (κ2) is 2.95. The molecule has 2 aliphatic heterocycles. The van der Waals surface area contributed by atoms with Gasteiger partial charge in [0, 0.05) is 12.5 Å². The van der Waals surface area contributed by atoms with E-state index in [1.165, 1.54) is 12.0 Å². The van der Waals surface area contributed by atoms with Crippen molar-refractivity contribution in [3.63, 3.8) is 0 Å². The van der Waals surface area contributed by atoms with Crippen LogP contribution in [0.15, 0.2) is 11.6 Å². The fraction of sp³-hybridized carbons (Fsp3) is 0.778. The monoisotopic (exact) mass is 153 g/mol. The van der Waals surface area contributed by atoms with Gasteiger partial charge in [-0.3, -0.25) is 0 Å². The van der Waals surface area contributed by atoms with Gasteiger partial charge in [-0.05, 0) is 19.9 Å². The summed E-state index contributed by atoms with van der Waals surface area (Å²) in [7, 11) is 0. The van der Waals surface area contributed by atoms with Crippen LogP contribution in [0.1, 0.15) is 13.3 Å². The highest BCUT2D eigenvalue weighted by molar-refractivity contribution is 5.11. The predicted octanol–water partition coefficient (Wildman–Crippen LogP) is 0.941. The molecule has 1 N–H and O–H groups in total. The Kier molecular flexibility index (Phi) is 1.96. The van der Waals surface area contributed by atoms with Gasteiger partial charge in [0.1, 0.15) is 0 Å². The van der Waals surface area contributed by atoms with Crippen LogP contribution in [0.5, 0.6) is 0 Å². The predicted molar refractivity (Wildman–Crippen MR) is 44.5 cm³/mol. The maximum absolute atomic E-state index is 5.64. The summed E-state index contributed by atoms with van der Waals surface area (Å²) < 4.78 is 5.64. The normalized spacial score (nSPS) is 37.7. The zero-order valence-corrected chi connectivity index (χ0v) is 6.97. The van der Waals surface area contributed by atoms with E-state index >= 15 is 0 Å². The van der Waals surface area contributed by atoms with Crippen LogP contribution in [0.25, 0.3) is 0 Å². The maximum Gasteiger partial charge on any atom is 0.0668 e. The molecule has 0 bridgehead atoms. The van der Waals surface area contributed by atoms with Gasteiger partial charge in [-0.2, -0.15) is 0 Å². The van der Waals surface area contributed by atoms with Crippen LogP contribution in [0.3, 0.4) is 0 Å². The summed E-state index contributed by atoms with van der Waals surface area (Å²) >= 11 is 0. The molecule has 2 rings (SSSR count). The van der Waals surface area contributed by atoms with Crippen LogP contribution in [-0.2, 0) is 4.74 Å². The molecule has 2 heterocycles. The van der Waals surface area contributed by atoms with Crippen molar-refractivity contribution >= 4 is 0 Å². The average Bonchev–Trinajstić information content (AvgIpc) is 2.06. The summed E-state index contributed by atoms with van der Waals surface area (Å²) in [5.74, 6) is 0.650. The van der Waals surface area contributed by atoms with E-state index in [1.807, 2.05) is 0 Å². The molecule has 0 unspecified atom stereocenters. The Morgan fingerprint density at radius 1 is 1.64 bits per heavy atom. The van der Waals surface area contributed by atoms with E-state index in [0.29, 0.717) is 12.0 Å². The van der Waals surface area contributed by atoms with Gasteiger partial charge in [0.2, 0.25) is 0 Å². The quantitative estimate of drug-likeness (QED) is 0.523. The van der Waals surface area contributed by atoms with Crippen molar-refractivity contribution in [3.8, 4) is 0 Å². The average molecular weight is 153 g/mol. The minimum absolute atomic E-state index is 0.501. The third-order valence-electron chi connectivity index (χ3n) is 2.72. The molecule has 2 atom stereocenters. The molecule has 0 aromatic heterocycles. The van der Waals surface area contributed by atoms with Gasteiger partial charge >= 0.3 is 0 Å². The molecule has 1 saturated heterocycles. The lowest BCUT2D eigenvalue weighted by Crippen LogP contribution is -2.43. The number of rotatable bonds is 0. The van der Waals surface area contributed by atoms with Gasteiger partial charge in [-0.1, -0.05) is 11.6 Å². The van der Waals surface area contributed by atoms with Crippen molar-refractivity contribution in [2.45, 2.75) is 19.4 Å². The lowest BCUT2D eigenvalue weighted by Gasteiger charge is -2.35.